The molecule has 0 aliphatic carbocycles. The fourth-order valence-corrected chi connectivity index (χ4v) is 1.49. The van der Waals surface area contributed by atoms with Crippen LogP contribution in [0.15, 0.2) is 0 Å². The summed E-state index contributed by atoms with van der Waals surface area (Å²) in [4.78, 5) is 13.0. The van der Waals surface area contributed by atoms with Gasteiger partial charge in [-0.2, -0.15) is 0 Å². The Bertz CT molecular complexity index is 160. The van der Waals surface area contributed by atoms with Crippen molar-refractivity contribution >= 4 is 5.91 Å². The summed E-state index contributed by atoms with van der Waals surface area (Å²) in [6, 6.07) is 0. The second-order valence-corrected chi connectivity index (χ2v) is 3.68. The predicted molar refractivity (Wildman–Crippen MR) is 46.7 cm³/mol. The maximum atomic E-state index is 11.3. The van der Waals surface area contributed by atoms with E-state index in [0.29, 0.717) is 0 Å². The molecule has 1 heterocycles. The van der Waals surface area contributed by atoms with Crippen LogP contribution in [0.1, 0.15) is 26.7 Å². The summed E-state index contributed by atoms with van der Waals surface area (Å²) in [5.41, 5.74) is 0. The van der Waals surface area contributed by atoms with Crippen molar-refractivity contribution in [3.63, 3.8) is 0 Å². The number of piperidine rings is 1. The van der Waals surface area contributed by atoms with E-state index >= 15 is 0 Å². The smallest absolute Gasteiger partial charge is 0.251 e. The molecule has 1 saturated heterocycles. The molecule has 1 amide bonds. The first kappa shape index (κ1) is 9.52. The molecule has 0 bridgehead atoms. The second kappa shape index (κ2) is 3.90. The number of nitrogens with zero attached hydrogens (tertiary/aromatic N) is 1. The summed E-state index contributed by atoms with van der Waals surface area (Å²) >= 11 is 0. The first-order valence-corrected chi connectivity index (χ1v) is 4.58. The van der Waals surface area contributed by atoms with Crippen molar-refractivity contribution in [2.75, 3.05) is 13.1 Å². The fourth-order valence-electron chi connectivity index (χ4n) is 1.49. The zero-order valence-electron chi connectivity index (χ0n) is 7.79. The molecule has 1 fully saturated rings. The van der Waals surface area contributed by atoms with Gasteiger partial charge in [0.25, 0.3) is 5.91 Å². The highest BCUT2D eigenvalue weighted by molar-refractivity contribution is 5.80. The number of hydrogen-bond acceptors (Lipinski definition) is 2. The summed E-state index contributed by atoms with van der Waals surface area (Å²) in [5.74, 6) is 0.602. The SMILES string of the molecule is CC1CCN(C(=O)[C@H](C)O)CC1. The van der Waals surface area contributed by atoms with E-state index in [1.54, 1.807) is 4.90 Å². The molecule has 1 aliphatic rings. The van der Waals surface area contributed by atoms with Gasteiger partial charge < -0.3 is 10.0 Å². The minimum atomic E-state index is -0.835. The van der Waals surface area contributed by atoms with Gasteiger partial charge >= 0.3 is 0 Å². The summed E-state index contributed by atoms with van der Waals surface area (Å²) < 4.78 is 0. The molecule has 70 valence electrons. The van der Waals surface area contributed by atoms with Gasteiger partial charge in [-0.15, -0.1) is 0 Å². The lowest BCUT2D eigenvalue weighted by atomic mass is 9.99. The first-order valence-electron chi connectivity index (χ1n) is 4.58. The molecular weight excluding hydrogens is 154 g/mol. The van der Waals surface area contributed by atoms with Crippen LogP contribution in [0, 0.1) is 5.92 Å². The van der Waals surface area contributed by atoms with Crippen molar-refractivity contribution < 1.29 is 9.90 Å². The summed E-state index contributed by atoms with van der Waals surface area (Å²) in [6.07, 6.45) is 1.30. The Labute approximate surface area is 73.4 Å². The van der Waals surface area contributed by atoms with Gasteiger partial charge in [-0.05, 0) is 25.7 Å². The Kier molecular flexibility index (Phi) is 3.09. The fraction of sp³-hybridized carbons (Fsp3) is 0.889. The number of rotatable bonds is 1. The third-order valence-corrected chi connectivity index (χ3v) is 2.45. The quantitative estimate of drug-likeness (QED) is 0.628. The molecule has 1 rings (SSSR count). The highest BCUT2D eigenvalue weighted by Crippen LogP contribution is 2.16. The van der Waals surface area contributed by atoms with Crippen molar-refractivity contribution in [3.05, 3.63) is 0 Å². The Balaban J connectivity index is 2.39. The molecule has 1 aliphatic heterocycles. The summed E-state index contributed by atoms with van der Waals surface area (Å²) in [7, 11) is 0. The van der Waals surface area contributed by atoms with Crippen molar-refractivity contribution in [1.29, 1.82) is 0 Å². The Morgan fingerprint density at radius 3 is 2.42 bits per heavy atom. The van der Waals surface area contributed by atoms with Crippen molar-refractivity contribution in [1.82, 2.24) is 4.90 Å². The topological polar surface area (TPSA) is 40.5 Å². The second-order valence-electron chi connectivity index (χ2n) is 3.68. The molecule has 0 unspecified atom stereocenters. The van der Waals surface area contributed by atoms with E-state index in [0.717, 1.165) is 31.8 Å². The normalized spacial score (nSPS) is 22.4. The number of carbonyl (C=O) groups is 1. The van der Waals surface area contributed by atoms with Gasteiger partial charge in [-0.3, -0.25) is 4.79 Å². The van der Waals surface area contributed by atoms with Crippen LogP contribution >= 0.6 is 0 Å². The van der Waals surface area contributed by atoms with Gasteiger partial charge in [0.15, 0.2) is 0 Å². The predicted octanol–water partition coefficient (Wildman–Crippen LogP) is 0.626. The average molecular weight is 171 g/mol. The largest absolute Gasteiger partial charge is 0.384 e. The zero-order chi connectivity index (χ0) is 9.14. The third kappa shape index (κ3) is 2.21. The number of hydrogen-bond donors (Lipinski definition) is 1. The highest BCUT2D eigenvalue weighted by atomic mass is 16.3. The number of amides is 1. The van der Waals surface area contributed by atoms with Crippen LogP contribution in [-0.4, -0.2) is 35.1 Å². The standard InChI is InChI=1S/C9H17NO2/c1-7-3-5-10(6-4-7)9(12)8(2)11/h7-8,11H,3-6H2,1-2H3/t8-/m0/s1. The van der Waals surface area contributed by atoms with E-state index in [4.69, 9.17) is 5.11 Å². The molecule has 3 heteroatoms. The maximum absolute atomic E-state index is 11.3. The molecule has 0 aromatic heterocycles. The van der Waals surface area contributed by atoms with Gasteiger partial charge in [0.05, 0.1) is 0 Å². The van der Waals surface area contributed by atoms with E-state index in [9.17, 15) is 4.79 Å². The molecular formula is C9H17NO2. The minimum absolute atomic E-state index is 0.123. The van der Waals surface area contributed by atoms with Crippen molar-refractivity contribution in [2.24, 2.45) is 5.92 Å². The van der Waals surface area contributed by atoms with Crippen molar-refractivity contribution in [2.45, 2.75) is 32.8 Å². The number of aliphatic hydroxyl groups excluding tert-OH is 1. The molecule has 0 aromatic carbocycles. The molecule has 3 nitrogen and oxygen atoms in total. The lowest BCUT2D eigenvalue weighted by Crippen LogP contribution is -2.42. The lowest BCUT2D eigenvalue weighted by Gasteiger charge is -2.31. The van der Waals surface area contributed by atoms with Crippen LogP contribution in [-0.2, 0) is 4.79 Å². The van der Waals surface area contributed by atoms with Gasteiger partial charge in [-0.1, -0.05) is 6.92 Å². The third-order valence-electron chi connectivity index (χ3n) is 2.45. The Morgan fingerprint density at radius 2 is 2.00 bits per heavy atom. The molecule has 12 heavy (non-hydrogen) atoms. The van der Waals surface area contributed by atoms with Gasteiger partial charge in [-0.25, -0.2) is 0 Å². The molecule has 1 N–H and O–H groups in total. The molecule has 0 aromatic rings. The van der Waals surface area contributed by atoms with E-state index < -0.39 is 6.10 Å². The summed E-state index contributed by atoms with van der Waals surface area (Å²) in [5, 5.41) is 9.05. The van der Waals surface area contributed by atoms with Crippen molar-refractivity contribution in [3.8, 4) is 0 Å². The van der Waals surface area contributed by atoms with E-state index in [1.807, 2.05) is 0 Å². The number of aliphatic hydroxyl groups is 1. The molecule has 0 spiro atoms. The average Bonchev–Trinajstić information content (AvgIpc) is 2.04. The Hall–Kier alpha value is -0.570. The minimum Gasteiger partial charge on any atom is -0.384 e. The zero-order valence-corrected chi connectivity index (χ0v) is 7.79. The maximum Gasteiger partial charge on any atom is 0.251 e. The molecule has 0 radical (unpaired) electrons. The van der Waals surface area contributed by atoms with Crippen LogP contribution < -0.4 is 0 Å². The molecule has 0 saturated carbocycles. The van der Waals surface area contributed by atoms with E-state index in [2.05, 4.69) is 6.92 Å². The van der Waals surface area contributed by atoms with E-state index in [-0.39, 0.29) is 5.91 Å². The number of likely N-dealkylation sites (tertiary alicyclic amines) is 1. The van der Waals surface area contributed by atoms with Crippen LogP contribution in [0.5, 0.6) is 0 Å². The van der Waals surface area contributed by atoms with Crippen LogP contribution in [0.3, 0.4) is 0 Å². The van der Waals surface area contributed by atoms with Crippen LogP contribution in [0.4, 0.5) is 0 Å². The lowest BCUT2D eigenvalue weighted by molar-refractivity contribution is -0.140. The first-order chi connectivity index (χ1) is 5.61. The van der Waals surface area contributed by atoms with Gasteiger partial charge in [0, 0.05) is 13.1 Å². The van der Waals surface area contributed by atoms with E-state index in [1.165, 1.54) is 6.92 Å². The van der Waals surface area contributed by atoms with Crippen LogP contribution in [0.2, 0.25) is 0 Å². The van der Waals surface area contributed by atoms with Crippen LogP contribution in [0.25, 0.3) is 0 Å². The van der Waals surface area contributed by atoms with Gasteiger partial charge in [0.2, 0.25) is 0 Å². The monoisotopic (exact) mass is 171 g/mol. The Morgan fingerprint density at radius 1 is 1.50 bits per heavy atom. The van der Waals surface area contributed by atoms with Gasteiger partial charge in [0.1, 0.15) is 6.10 Å². The number of carbonyl (C=O) groups excluding carboxylic acids is 1. The highest BCUT2D eigenvalue weighted by Gasteiger charge is 2.22. The summed E-state index contributed by atoms with van der Waals surface area (Å²) in [6.45, 7) is 5.35. The molecule has 1 atom stereocenters.